The lowest BCUT2D eigenvalue weighted by Crippen LogP contribution is -2.09. The van der Waals surface area contributed by atoms with Gasteiger partial charge in [0.15, 0.2) is 0 Å². The number of hydrogen-bond acceptors (Lipinski definition) is 4. The van der Waals surface area contributed by atoms with Crippen molar-refractivity contribution in [2.75, 3.05) is 0 Å². The van der Waals surface area contributed by atoms with Crippen LogP contribution in [0.1, 0.15) is 43.4 Å². The Morgan fingerprint density at radius 1 is 1.39 bits per heavy atom. The molecule has 6 nitrogen and oxygen atoms in total. The molecule has 1 unspecified atom stereocenters. The molecule has 18 heavy (non-hydrogen) atoms. The van der Waals surface area contributed by atoms with Gasteiger partial charge in [-0.25, -0.2) is 4.68 Å². The summed E-state index contributed by atoms with van der Waals surface area (Å²) >= 11 is 0. The minimum absolute atomic E-state index is 0.0310. The first-order chi connectivity index (χ1) is 8.63. The Balaban J connectivity index is 2.13. The Bertz CT molecular complexity index is 512. The molecule has 2 aromatic heterocycles. The molecule has 0 amide bonds. The van der Waals surface area contributed by atoms with Crippen LogP contribution >= 0.6 is 0 Å². The van der Waals surface area contributed by atoms with Crippen molar-refractivity contribution in [3.05, 3.63) is 29.3 Å². The van der Waals surface area contributed by atoms with Crippen molar-refractivity contribution in [3.8, 4) is 0 Å². The number of hydrogen-bond donors (Lipinski definition) is 1. The highest BCUT2D eigenvalue weighted by Crippen LogP contribution is 2.11. The zero-order chi connectivity index (χ0) is 13.1. The Hall–Kier alpha value is -1.69. The third-order valence-corrected chi connectivity index (χ3v) is 3.09. The van der Waals surface area contributed by atoms with Crippen LogP contribution in [-0.2, 0) is 20.0 Å². The topological polar surface area (TPSA) is 74.6 Å². The molecule has 0 aliphatic rings. The van der Waals surface area contributed by atoms with E-state index in [4.69, 9.17) is 5.73 Å². The number of nitrogens with zero attached hydrogens (tertiary/aromatic N) is 5. The van der Waals surface area contributed by atoms with Gasteiger partial charge in [0.1, 0.15) is 0 Å². The lowest BCUT2D eigenvalue weighted by Gasteiger charge is -2.02. The van der Waals surface area contributed by atoms with Crippen molar-refractivity contribution < 1.29 is 0 Å². The second kappa shape index (κ2) is 5.30. The van der Waals surface area contributed by atoms with E-state index in [1.54, 1.807) is 4.68 Å². The van der Waals surface area contributed by atoms with Crippen molar-refractivity contribution in [2.24, 2.45) is 12.8 Å². The van der Waals surface area contributed by atoms with E-state index in [0.717, 1.165) is 29.9 Å². The standard InChI is InChI=1S/C12H20N6/c1-4-9-6-10(17(3)15-9)7-18-8-12(14-16-18)11(13)5-2/h6,8,11H,4-5,7,13H2,1-3H3. The first-order valence-corrected chi connectivity index (χ1v) is 6.31. The fourth-order valence-corrected chi connectivity index (χ4v) is 1.83. The highest BCUT2D eigenvalue weighted by molar-refractivity contribution is 5.11. The molecule has 2 aromatic rings. The Morgan fingerprint density at radius 2 is 2.17 bits per heavy atom. The molecular formula is C12H20N6. The SMILES string of the molecule is CCc1cc(Cn2cc(C(N)CC)nn2)n(C)n1. The van der Waals surface area contributed by atoms with Crippen LogP contribution in [0.4, 0.5) is 0 Å². The fraction of sp³-hybridized carbons (Fsp3) is 0.583. The maximum Gasteiger partial charge on any atom is 0.0994 e. The summed E-state index contributed by atoms with van der Waals surface area (Å²) in [5.74, 6) is 0. The molecule has 0 aliphatic heterocycles. The van der Waals surface area contributed by atoms with Crippen molar-refractivity contribution in [1.29, 1.82) is 0 Å². The van der Waals surface area contributed by atoms with Gasteiger partial charge in [-0.05, 0) is 18.9 Å². The lowest BCUT2D eigenvalue weighted by molar-refractivity contribution is 0.598. The number of aryl methyl sites for hydroxylation is 2. The highest BCUT2D eigenvalue weighted by atomic mass is 15.4. The van der Waals surface area contributed by atoms with Crippen LogP contribution in [0.15, 0.2) is 12.3 Å². The van der Waals surface area contributed by atoms with Gasteiger partial charge in [-0.3, -0.25) is 4.68 Å². The first-order valence-electron chi connectivity index (χ1n) is 6.31. The van der Waals surface area contributed by atoms with Crippen molar-refractivity contribution >= 4 is 0 Å². The molecule has 0 fully saturated rings. The average Bonchev–Trinajstić information content (AvgIpc) is 2.97. The van der Waals surface area contributed by atoms with Gasteiger partial charge in [-0.1, -0.05) is 19.1 Å². The van der Waals surface area contributed by atoms with Gasteiger partial charge in [0.2, 0.25) is 0 Å². The maximum atomic E-state index is 5.92. The fourth-order valence-electron chi connectivity index (χ4n) is 1.83. The minimum atomic E-state index is -0.0310. The zero-order valence-electron chi connectivity index (χ0n) is 11.2. The van der Waals surface area contributed by atoms with Crippen LogP contribution in [-0.4, -0.2) is 24.8 Å². The predicted molar refractivity (Wildman–Crippen MR) is 68.9 cm³/mol. The molecule has 1 atom stereocenters. The Kier molecular flexibility index (Phi) is 3.76. The van der Waals surface area contributed by atoms with E-state index in [-0.39, 0.29) is 6.04 Å². The van der Waals surface area contributed by atoms with Gasteiger partial charge in [-0.15, -0.1) is 5.10 Å². The molecule has 2 N–H and O–H groups in total. The van der Waals surface area contributed by atoms with Crippen molar-refractivity contribution in [3.63, 3.8) is 0 Å². The molecule has 2 rings (SSSR count). The molecule has 0 saturated carbocycles. The van der Waals surface area contributed by atoms with Crippen LogP contribution in [0, 0.1) is 0 Å². The summed E-state index contributed by atoms with van der Waals surface area (Å²) < 4.78 is 3.70. The summed E-state index contributed by atoms with van der Waals surface area (Å²) in [6.45, 7) is 4.81. The van der Waals surface area contributed by atoms with Crippen LogP contribution < -0.4 is 5.73 Å². The van der Waals surface area contributed by atoms with Crippen LogP contribution in [0.2, 0.25) is 0 Å². The van der Waals surface area contributed by atoms with Gasteiger partial charge >= 0.3 is 0 Å². The maximum absolute atomic E-state index is 5.92. The Labute approximate surface area is 107 Å². The average molecular weight is 248 g/mol. The van der Waals surface area contributed by atoms with E-state index in [9.17, 15) is 0 Å². The van der Waals surface area contributed by atoms with E-state index in [1.165, 1.54) is 0 Å². The molecule has 0 spiro atoms. The lowest BCUT2D eigenvalue weighted by atomic mass is 10.2. The van der Waals surface area contributed by atoms with E-state index < -0.39 is 0 Å². The molecular weight excluding hydrogens is 228 g/mol. The van der Waals surface area contributed by atoms with E-state index in [2.05, 4.69) is 28.4 Å². The molecule has 6 heteroatoms. The largest absolute Gasteiger partial charge is 0.323 e. The molecule has 0 bridgehead atoms. The monoisotopic (exact) mass is 248 g/mol. The zero-order valence-corrected chi connectivity index (χ0v) is 11.2. The molecule has 98 valence electrons. The summed E-state index contributed by atoms with van der Waals surface area (Å²) in [5.41, 5.74) is 8.98. The summed E-state index contributed by atoms with van der Waals surface area (Å²) in [5, 5.41) is 12.6. The van der Waals surface area contributed by atoms with E-state index >= 15 is 0 Å². The number of rotatable bonds is 5. The number of aromatic nitrogens is 5. The van der Waals surface area contributed by atoms with Gasteiger partial charge in [0.25, 0.3) is 0 Å². The number of nitrogens with two attached hydrogens (primary N) is 1. The van der Waals surface area contributed by atoms with Gasteiger partial charge in [0.05, 0.1) is 35.9 Å². The summed E-state index contributed by atoms with van der Waals surface area (Å²) in [4.78, 5) is 0. The Morgan fingerprint density at radius 3 is 2.78 bits per heavy atom. The van der Waals surface area contributed by atoms with Crippen LogP contribution in [0.3, 0.4) is 0 Å². The third kappa shape index (κ3) is 2.59. The predicted octanol–water partition coefficient (Wildman–Crippen LogP) is 1.03. The van der Waals surface area contributed by atoms with Crippen LogP contribution in [0.25, 0.3) is 0 Å². The van der Waals surface area contributed by atoms with Gasteiger partial charge in [-0.2, -0.15) is 5.10 Å². The van der Waals surface area contributed by atoms with Gasteiger partial charge in [0, 0.05) is 7.05 Å². The third-order valence-electron chi connectivity index (χ3n) is 3.09. The van der Waals surface area contributed by atoms with E-state index in [0.29, 0.717) is 6.54 Å². The molecule has 0 aromatic carbocycles. The van der Waals surface area contributed by atoms with Gasteiger partial charge < -0.3 is 5.73 Å². The highest BCUT2D eigenvalue weighted by Gasteiger charge is 2.10. The second-order valence-corrected chi connectivity index (χ2v) is 4.46. The second-order valence-electron chi connectivity index (χ2n) is 4.46. The minimum Gasteiger partial charge on any atom is -0.323 e. The summed E-state index contributed by atoms with van der Waals surface area (Å²) in [6, 6.07) is 2.07. The smallest absolute Gasteiger partial charge is 0.0994 e. The molecule has 2 heterocycles. The summed E-state index contributed by atoms with van der Waals surface area (Å²) in [7, 11) is 1.95. The normalized spacial score (nSPS) is 12.9. The molecule has 0 saturated heterocycles. The summed E-state index contributed by atoms with van der Waals surface area (Å²) in [6.07, 6.45) is 3.72. The van der Waals surface area contributed by atoms with Crippen LogP contribution in [0.5, 0.6) is 0 Å². The first kappa shape index (κ1) is 12.8. The molecule has 0 radical (unpaired) electrons. The van der Waals surface area contributed by atoms with E-state index in [1.807, 2.05) is 24.9 Å². The van der Waals surface area contributed by atoms with Crippen molar-refractivity contribution in [1.82, 2.24) is 24.8 Å². The van der Waals surface area contributed by atoms with Crippen molar-refractivity contribution in [2.45, 2.75) is 39.3 Å². The molecule has 0 aliphatic carbocycles. The quantitative estimate of drug-likeness (QED) is 0.857.